The van der Waals surface area contributed by atoms with Crippen molar-refractivity contribution in [3.63, 3.8) is 0 Å². The van der Waals surface area contributed by atoms with Gasteiger partial charge in [0.1, 0.15) is 11.5 Å². The van der Waals surface area contributed by atoms with Gasteiger partial charge in [-0.05, 0) is 57.6 Å². The molecule has 0 spiro atoms. The Morgan fingerprint density at radius 1 is 0.909 bits per heavy atom. The second kappa shape index (κ2) is 9.02. The Morgan fingerprint density at radius 3 is 1.86 bits per heavy atom. The van der Waals surface area contributed by atoms with E-state index in [1.54, 1.807) is 0 Å². The van der Waals surface area contributed by atoms with Gasteiger partial charge in [0, 0.05) is 6.42 Å². The smallest absolute Gasteiger partial charge is 0.241 e. The fourth-order valence-corrected chi connectivity index (χ4v) is 2.88. The number of hydrogen-bond acceptors (Lipinski definition) is 2. The van der Waals surface area contributed by atoms with Crippen LogP contribution in [0.5, 0.6) is 11.5 Å². The summed E-state index contributed by atoms with van der Waals surface area (Å²) in [6.07, 6.45) is 2.51. The van der Waals surface area contributed by atoms with E-state index >= 15 is 0 Å². The average Bonchev–Trinajstić information content (AvgIpc) is 2.52. The van der Waals surface area contributed by atoms with Crippen molar-refractivity contribution in [2.45, 2.75) is 33.0 Å². The van der Waals surface area contributed by atoms with Crippen LogP contribution in [0.3, 0.4) is 0 Å². The maximum Gasteiger partial charge on any atom is 0.241 e. The molecule has 0 radical (unpaired) electrons. The molecule has 2 aromatic carbocycles. The highest BCUT2D eigenvalue weighted by Crippen LogP contribution is 2.25. The lowest BCUT2D eigenvalue weighted by Gasteiger charge is -2.22. The molecule has 0 aliphatic heterocycles. The van der Waals surface area contributed by atoms with Crippen molar-refractivity contribution in [2.24, 2.45) is 0 Å². The van der Waals surface area contributed by atoms with Gasteiger partial charge >= 0.3 is 0 Å². The standard InChI is InChI=1S/C18H22ClO2P/c1-14-8-3-5-10-16(14)20-18(12-7-13-22-19)21-17-11-6-4-9-15(17)2/h3-6,8-11,18,22H,7,12-13H2,1-2H3. The zero-order chi connectivity index (χ0) is 15.8. The molecule has 1 unspecified atom stereocenters. The van der Waals surface area contributed by atoms with Crippen LogP contribution in [-0.4, -0.2) is 12.5 Å². The number of halogens is 1. The molecule has 118 valence electrons. The second-order valence-electron chi connectivity index (χ2n) is 5.22. The molecule has 22 heavy (non-hydrogen) atoms. The molecule has 1 atom stereocenters. The van der Waals surface area contributed by atoms with E-state index in [1.165, 1.54) is 0 Å². The van der Waals surface area contributed by atoms with Crippen molar-refractivity contribution in [1.29, 1.82) is 0 Å². The first-order chi connectivity index (χ1) is 10.7. The Hall–Kier alpha value is -1.24. The van der Waals surface area contributed by atoms with Gasteiger partial charge in [-0.3, -0.25) is 0 Å². The van der Waals surface area contributed by atoms with E-state index in [-0.39, 0.29) is 6.29 Å². The van der Waals surface area contributed by atoms with E-state index in [1.807, 2.05) is 62.4 Å². The molecule has 0 bridgehead atoms. The Labute approximate surface area is 139 Å². The van der Waals surface area contributed by atoms with Crippen molar-refractivity contribution in [3.05, 3.63) is 59.7 Å². The highest BCUT2D eigenvalue weighted by atomic mass is 35.7. The third kappa shape index (κ3) is 5.19. The van der Waals surface area contributed by atoms with Crippen LogP contribution in [0.2, 0.25) is 0 Å². The first-order valence-corrected chi connectivity index (χ1v) is 9.70. The summed E-state index contributed by atoms with van der Waals surface area (Å²) in [6.45, 7) is 4.08. The average molecular weight is 337 g/mol. The van der Waals surface area contributed by atoms with Gasteiger partial charge < -0.3 is 9.47 Å². The molecule has 2 nitrogen and oxygen atoms in total. The summed E-state index contributed by atoms with van der Waals surface area (Å²) in [7, 11) is 0.450. The van der Waals surface area contributed by atoms with Crippen LogP contribution in [0.1, 0.15) is 24.0 Å². The normalized spacial score (nSPS) is 11.3. The second-order valence-corrected chi connectivity index (χ2v) is 6.79. The van der Waals surface area contributed by atoms with Crippen molar-refractivity contribution in [1.82, 2.24) is 0 Å². The van der Waals surface area contributed by atoms with Gasteiger partial charge in [-0.25, -0.2) is 0 Å². The molecule has 2 aromatic rings. The van der Waals surface area contributed by atoms with Crippen LogP contribution in [0.25, 0.3) is 0 Å². The third-order valence-corrected chi connectivity index (χ3v) is 4.52. The van der Waals surface area contributed by atoms with E-state index in [4.69, 9.17) is 20.7 Å². The fourth-order valence-electron chi connectivity index (χ4n) is 2.14. The fraction of sp³-hybridized carbons (Fsp3) is 0.333. The minimum absolute atomic E-state index is 0.296. The Kier molecular flexibility index (Phi) is 7.02. The van der Waals surface area contributed by atoms with Gasteiger partial charge in [-0.2, -0.15) is 0 Å². The van der Waals surface area contributed by atoms with Gasteiger partial charge in [-0.1, -0.05) is 36.4 Å². The lowest BCUT2D eigenvalue weighted by Crippen LogP contribution is -2.24. The van der Waals surface area contributed by atoms with E-state index in [0.29, 0.717) is 7.93 Å². The zero-order valence-electron chi connectivity index (χ0n) is 13.0. The summed E-state index contributed by atoms with van der Waals surface area (Å²) in [6, 6.07) is 16.0. The van der Waals surface area contributed by atoms with Crippen LogP contribution in [0, 0.1) is 13.8 Å². The summed E-state index contributed by atoms with van der Waals surface area (Å²) >= 11 is 5.80. The highest BCUT2D eigenvalue weighted by Gasteiger charge is 2.14. The third-order valence-electron chi connectivity index (χ3n) is 3.42. The molecular formula is C18H22ClO2P. The zero-order valence-corrected chi connectivity index (χ0v) is 14.8. The number of aryl methyl sites for hydroxylation is 2. The van der Waals surface area contributed by atoms with Crippen LogP contribution >= 0.6 is 19.2 Å². The van der Waals surface area contributed by atoms with Crippen molar-refractivity contribution in [3.8, 4) is 11.5 Å². The number of ether oxygens (including phenoxy) is 2. The Bertz CT molecular complexity index is 541. The molecule has 0 aromatic heterocycles. The molecule has 0 aliphatic rings. The van der Waals surface area contributed by atoms with Gasteiger partial charge in [-0.15, -0.1) is 11.2 Å². The summed E-state index contributed by atoms with van der Waals surface area (Å²) in [5.41, 5.74) is 2.22. The maximum absolute atomic E-state index is 6.09. The first-order valence-electron chi connectivity index (χ1n) is 7.49. The van der Waals surface area contributed by atoms with Gasteiger partial charge in [0.05, 0.1) is 0 Å². The summed E-state index contributed by atoms with van der Waals surface area (Å²) in [4.78, 5) is 0. The Morgan fingerprint density at radius 2 is 1.41 bits per heavy atom. The van der Waals surface area contributed by atoms with Gasteiger partial charge in [0.25, 0.3) is 0 Å². The number of hydrogen-bond donors (Lipinski definition) is 0. The van der Waals surface area contributed by atoms with Gasteiger partial charge in [0.15, 0.2) is 0 Å². The van der Waals surface area contributed by atoms with Crippen LogP contribution in [-0.2, 0) is 0 Å². The molecule has 0 saturated heterocycles. The first kappa shape index (κ1) is 17.1. The topological polar surface area (TPSA) is 18.5 Å². The van der Waals surface area contributed by atoms with Gasteiger partial charge in [0.2, 0.25) is 6.29 Å². The van der Waals surface area contributed by atoms with Crippen LogP contribution in [0.15, 0.2) is 48.5 Å². The van der Waals surface area contributed by atoms with E-state index in [2.05, 4.69) is 0 Å². The predicted octanol–water partition coefficient (Wildman–Crippen LogP) is 5.70. The molecule has 2 rings (SSSR count). The molecule has 0 N–H and O–H groups in total. The number of para-hydroxylation sites is 2. The van der Waals surface area contributed by atoms with E-state index < -0.39 is 0 Å². The lowest BCUT2D eigenvalue weighted by atomic mass is 10.2. The van der Waals surface area contributed by atoms with E-state index in [0.717, 1.165) is 41.6 Å². The number of rotatable bonds is 8. The summed E-state index contributed by atoms with van der Waals surface area (Å²) in [5, 5.41) is 0. The minimum Gasteiger partial charge on any atom is -0.455 e. The summed E-state index contributed by atoms with van der Waals surface area (Å²) < 4.78 is 12.2. The maximum atomic E-state index is 6.09. The molecule has 0 heterocycles. The molecule has 0 amide bonds. The lowest BCUT2D eigenvalue weighted by molar-refractivity contribution is -0.00183. The molecular weight excluding hydrogens is 315 g/mol. The monoisotopic (exact) mass is 336 g/mol. The van der Waals surface area contributed by atoms with E-state index in [9.17, 15) is 0 Å². The predicted molar refractivity (Wildman–Crippen MR) is 95.7 cm³/mol. The van der Waals surface area contributed by atoms with Crippen molar-refractivity contribution >= 4 is 19.2 Å². The van der Waals surface area contributed by atoms with Crippen LogP contribution in [0.4, 0.5) is 0 Å². The molecule has 0 saturated carbocycles. The van der Waals surface area contributed by atoms with Crippen LogP contribution < -0.4 is 9.47 Å². The van der Waals surface area contributed by atoms with Crippen molar-refractivity contribution < 1.29 is 9.47 Å². The quantitative estimate of drug-likeness (QED) is 0.350. The van der Waals surface area contributed by atoms with Crippen molar-refractivity contribution in [2.75, 3.05) is 6.16 Å². The minimum atomic E-state index is -0.296. The Balaban J connectivity index is 2.09. The number of benzene rings is 2. The largest absolute Gasteiger partial charge is 0.455 e. The highest BCUT2D eigenvalue weighted by molar-refractivity contribution is 7.68. The summed E-state index contributed by atoms with van der Waals surface area (Å²) in [5.74, 6) is 1.74. The molecule has 0 fully saturated rings. The molecule has 0 aliphatic carbocycles. The molecule has 4 heteroatoms. The SMILES string of the molecule is Cc1ccccc1OC(CCCPCl)Oc1ccccc1C.